The highest BCUT2D eigenvalue weighted by Crippen LogP contribution is 2.46. The van der Waals surface area contributed by atoms with Crippen molar-refractivity contribution in [3.8, 4) is 0 Å². The fourth-order valence-electron chi connectivity index (χ4n) is 1.91. The predicted octanol–water partition coefficient (Wildman–Crippen LogP) is 0.348. The molecule has 2 fully saturated rings. The first kappa shape index (κ1) is 8.05. The first-order valence-electron chi connectivity index (χ1n) is 4.78. The highest BCUT2D eigenvalue weighted by Gasteiger charge is 2.50. The molecule has 1 heterocycles. The summed E-state index contributed by atoms with van der Waals surface area (Å²) in [4.78, 5) is 13.8. The number of rotatable bonds is 2. The molecule has 2 aliphatic rings. The van der Waals surface area contributed by atoms with Crippen molar-refractivity contribution in [2.45, 2.75) is 25.7 Å². The van der Waals surface area contributed by atoms with E-state index in [1.165, 1.54) is 12.8 Å². The zero-order valence-corrected chi connectivity index (χ0v) is 7.38. The molecule has 1 aliphatic carbocycles. The first-order valence-corrected chi connectivity index (χ1v) is 4.78. The van der Waals surface area contributed by atoms with Crippen LogP contribution in [0.25, 0.3) is 0 Å². The second-order valence-corrected chi connectivity index (χ2v) is 3.98. The zero-order valence-electron chi connectivity index (χ0n) is 7.38. The van der Waals surface area contributed by atoms with E-state index in [1.54, 1.807) is 0 Å². The summed E-state index contributed by atoms with van der Waals surface area (Å²) in [5.41, 5.74) is 5.47. The molecule has 12 heavy (non-hydrogen) atoms. The molecule has 0 aromatic rings. The van der Waals surface area contributed by atoms with Gasteiger partial charge in [0.2, 0.25) is 5.91 Å². The summed E-state index contributed by atoms with van der Waals surface area (Å²) in [7, 11) is 0. The van der Waals surface area contributed by atoms with Gasteiger partial charge in [0.15, 0.2) is 0 Å². The molecule has 0 atom stereocenters. The average Bonchev–Trinajstić information content (AvgIpc) is 2.71. The monoisotopic (exact) mass is 168 g/mol. The minimum atomic E-state index is -0.121. The Kier molecular flexibility index (Phi) is 1.83. The lowest BCUT2D eigenvalue weighted by molar-refractivity contribution is -0.135. The van der Waals surface area contributed by atoms with Gasteiger partial charge in [-0.05, 0) is 25.7 Å². The first-order chi connectivity index (χ1) is 5.78. The van der Waals surface area contributed by atoms with Crippen molar-refractivity contribution in [2.24, 2.45) is 11.1 Å². The van der Waals surface area contributed by atoms with Crippen LogP contribution in [-0.4, -0.2) is 30.4 Å². The van der Waals surface area contributed by atoms with Gasteiger partial charge >= 0.3 is 0 Å². The molecule has 3 heteroatoms. The summed E-state index contributed by atoms with van der Waals surface area (Å²) in [6, 6.07) is 0. The van der Waals surface area contributed by atoms with Crippen LogP contribution in [0.15, 0.2) is 0 Å². The van der Waals surface area contributed by atoms with E-state index in [1.807, 2.05) is 4.90 Å². The van der Waals surface area contributed by atoms with E-state index < -0.39 is 0 Å². The quantitative estimate of drug-likeness (QED) is 0.646. The van der Waals surface area contributed by atoms with Gasteiger partial charge in [0.05, 0.1) is 5.41 Å². The molecular weight excluding hydrogens is 152 g/mol. The molecule has 0 aromatic heterocycles. The molecule has 68 valence electrons. The highest BCUT2D eigenvalue weighted by molar-refractivity contribution is 5.85. The molecule has 2 N–H and O–H groups in total. The van der Waals surface area contributed by atoms with Gasteiger partial charge < -0.3 is 10.6 Å². The van der Waals surface area contributed by atoms with E-state index in [-0.39, 0.29) is 5.41 Å². The lowest BCUT2D eigenvalue weighted by Crippen LogP contribution is -2.38. The van der Waals surface area contributed by atoms with Crippen LogP contribution in [-0.2, 0) is 4.79 Å². The van der Waals surface area contributed by atoms with Crippen molar-refractivity contribution in [1.29, 1.82) is 0 Å². The molecular formula is C9H16N2O. The van der Waals surface area contributed by atoms with Gasteiger partial charge in [-0.2, -0.15) is 0 Å². The maximum atomic E-state index is 11.8. The number of likely N-dealkylation sites (tertiary alicyclic amines) is 1. The Morgan fingerprint density at radius 3 is 2.33 bits per heavy atom. The van der Waals surface area contributed by atoms with Crippen LogP contribution in [0.4, 0.5) is 0 Å². The number of nitrogens with zero attached hydrogens (tertiary/aromatic N) is 1. The highest BCUT2D eigenvalue weighted by atomic mass is 16.2. The number of carbonyl (C=O) groups excluding carboxylic acids is 1. The number of hydrogen-bond acceptors (Lipinski definition) is 2. The van der Waals surface area contributed by atoms with E-state index in [9.17, 15) is 4.79 Å². The average molecular weight is 168 g/mol. The van der Waals surface area contributed by atoms with Gasteiger partial charge in [-0.3, -0.25) is 4.79 Å². The van der Waals surface area contributed by atoms with Crippen molar-refractivity contribution in [1.82, 2.24) is 4.90 Å². The van der Waals surface area contributed by atoms with Crippen molar-refractivity contribution in [3.05, 3.63) is 0 Å². The second kappa shape index (κ2) is 2.73. The van der Waals surface area contributed by atoms with Crippen LogP contribution in [0, 0.1) is 5.41 Å². The Labute approximate surface area is 72.9 Å². The summed E-state index contributed by atoms with van der Waals surface area (Å²) in [5, 5.41) is 0. The third-order valence-corrected chi connectivity index (χ3v) is 3.09. The summed E-state index contributed by atoms with van der Waals surface area (Å²) >= 11 is 0. The van der Waals surface area contributed by atoms with E-state index in [0.29, 0.717) is 12.5 Å². The van der Waals surface area contributed by atoms with Crippen LogP contribution in [0.5, 0.6) is 0 Å². The summed E-state index contributed by atoms with van der Waals surface area (Å²) < 4.78 is 0. The minimum Gasteiger partial charge on any atom is -0.342 e. The normalized spacial score (nSPS) is 25.9. The SMILES string of the molecule is NCC1(C(=O)N2CCCC2)CC1. The molecule has 1 aliphatic heterocycles. The van der Waals surface area contributed by atoms with Gasteiger partial charge in [-0.25, -0.2) is 0 Å². The van der Waals surface area contributed by atoms with Crippen LogP contribution < -0.4 is 5.73 Å². The molecule has 2 rings (SSSR count). The Morgan fingerprint density at radius 2 is 1.92 bits per heavy atom. The van der Waals surface area contributed by atoms with Gasteiger partial charge in [0.1, 0.15) is 0 Å². The van der Waals surface area contributed by atoms with E-state index in [0.717, 1.165) is 25.9 Å². The van der Waals surface area contributed by atoms with Gasteiger partial charge in [-0.1, -0.05) is 0 Å². The largest absolute Gasteiger partial charge is 0.342 e. The van der Waals surface area contributed by atoms with Crippen molar-refractivity contribution in [2.75, 3.05) is 19.6 Å². The van der Waals surface area contributed by atoms with Crippen molar-refractivity contribution in [3.63, 3.8) is 0 Å². The standard InChI is InChI=1S/C9H16N2O/c10-7-9(3-4-9)8(12)11-5-1-2-6-11/h1-7,10H2. The molecule has 0 bridgehead atoms. The summed E-state index contributed by atoms with van der Waals surface area (Å²) in [6.07, 6.45) is 4.37. The molecule has 1 saturated heterocycles. The Hall–Kier alpha value is -0.570. The molecule has 1 saturated carbocycles. The summed E-state index contributed by atoms with van der Waals surface area (Å²) in [6.45, 7) is 2.46. The fraction of sp³-hybridized carbons (Fsp3) is 0.889. The third kappa shape index (κ3) is 1.12. The number of carbonyl (C=O) groups is 1. The van der Waals surface area contributed by atoms with Crippen LogP contribution in [0.1, 0.15) is 25.7 Å². The molecule has 0 aromatic carbocycles. The second-order valence-electron chi connectivity index (χ2n) is 3.98. The zero-order chi connectivity index (χ0) is 8.60. The third-order valence-electron chi connectivity index (χ3n) is 3.09. The Balaban J connectivity index is 1.99. The van der Waals surface area contributed by atoms with Crippen molar-refractivity contribution < 1.29 is 4.79 Å². The fourth-order valence-corrected chi connectivity index (χ4v) is 1.91. The molecule has 0 spiro atoms. The molecule has 0 radical (unpaired) electrons. The lowest BCUT2D eigenvalue weighted by atomic mass is 10.1. The minimum absolute atomic E-state index is 0.121. The topological polar surface area (TPSA) is 46.3 Å². The molecule has 0 unspecified atom stereocenters. The van der Waals surface area contributed by atoms with Crippen LogP contribution in [0.3, 0.4) is 0 Å². The van der Waals surface area contributed by atoms with Gasteiger partial charge in [0.25, 0.3) is 0 Å². The number of amides is 1. The Bertz CT molecular complexity index is 193. The number of hydrogen-bond donors (Lipinski definition) is 1. The molecule has 1 amide bonds. The van der Waals surface area contributed by atoms with Gasteiger partial charge in [0, 0.05) is 19.6 Å². The summed E-state index contributed by atoms with van der Waals surface area (Å²) in [5.74, 6) is 0.322. The predicted molar refractivity (Wildman–Crippen MR) is 46.5 cm³/mol. The number of nitrogens with two attached hydrogens (primary N) is 1. The van der Waals surface area contributed by atoms with Crippen LogP contribution in [0.2, 0.25) is 0 Å². The smallest absolute Gasteiger partial charge is 0.230 e. The maximum absolute atomic E-state index is 11.8. The van der Waals surface area contributed by atoms with Crippen LogP contribution >= 0.6 is 0 Å². The van der Waals surface area contributed by atoms with Gasteiger partial charge in [-0.15, -0.1) is 0 Å². The van der Waals surface area contributed by atoms with E-state index in [2.05, 4.69) is 0 Å². The van der Waals surface area contributed by atoms with E-state index >= 15 is 0 Å². The molecule has 3 nitrogen and oxygen atoms in total. The maximum Gasteiger partial charge on any atom is 0.230 e. The lowest BCUT2D eigenvalue weighted by Gasteiger charge is -2.21. The van der Waals surface area contributed by atoms with Crippen molar-refractivity contribution >= 4 is 5.91 Å². The van der Waals surface area contributed by atoms with E-state index in [4.69, 9.17) is 5.73 Å². The Morgan fingerprint density at radius 1 is 1.33 bits per heavy atom.